The molecule has 0 bridgehead atoms. The highest BCUT2D eigenvalue weighted by Gasteiger charge is 2.44. The monoisotopic (exact) mass is 436 g/mol. The number of hydrogen-bond donors (Lipinski definition) is 2. The van der Waals surface area contributed by atoms with Gasteiger partial charge in [0.1, 0.15) is 5.41 Å². The summed E-state index contributed by atoms with van der Waals surface area (Å²) >= 11 is 0. The molecule has 1 aliphatic rings. The maximum absolute atomic E-state index is 12.7. The molecule has 2 heterocycles. The van der Waals surface area contributed by atoms with Crippen molar-refractivity contribution < 1.29 is 22.4 Å². The molecule has 30 heavy (non-hydrogen) atoms. The molecular weight excluding hydrogens is 417 g/mol. The molecule has 0 saturated carbocycles. The predicted octanol–water partition coefficient (Wildman–Crippen LogP) is 4.39. The Labute approximate surface area is 177 Å². The van der Waals surface area contributed by atoms with Crippen molar-refractivity contribution in [2.75, 3.05) is 11.9 Å². The number of amides is 1. The summed E-state index contributed by atoms with van der Waals surface area (Å²) in [6.07, 6.45) is -3.84. The molecule has 1 fully saturated rings. The average molecular weight is 436 g/mol. The van der Waals surface area contributed by atoms with Crippen molar-refractivity contribution in [3.05, 3.63) is 60.0 Å². The fraction of sp³-hybridized carbons (Fsp3) is 0.250. The van der Waals surface area contributed by atoms with Gasteiger partial charge in [-0.15, -0.1) is 10.2 Å². The van der Waals surface area contributed by atoms with E-state index >= 15 is 0 Å². The lowest BCUT2D eigenvalue weighted by Crippen LogP contribution is -2.32. The Morgan fingerprint density at radius 1 is 1.10 bits per heavy atom. The molecule has 2 aromatic carbocycles. The molecule has 6 nitrogen and oxygen atoms in total. The van der Waals surface area contributed by atoms with E-state index in [4.69, 9.17) is 4.42 Å². The van der Waals surface area contributed by atoms with Crippen LogP contribution in [0.25, 0.3) is 11.5 Å². The zero-order valence-corrected chi connectivity index (χ0v) is 16.9. The summed E-state index contributed by atoms with van der Waals surface area (Å²) in [5.41, 5.74) is 0.0473. The Hall–Kier alpha value is -3.01. The number of alkyl halides is 3. The van der Waals surface area contributed by atoms with E-state index in [-0.39, 0.29) is 31.2 Å². The van der Waals surface area contributed by atoms with Gasteiger partial charge in [-0.1, -0.05) is 12.1 Å². The van der Waals surface area contributed by atoms with Gasteiger partial charge in [0, 0.05) is 12.2 Å². The molecule has 1 amide bonds. The van der Waals surface area contributed by atoms with Gasteiger partial charge in [0.25, 0.3) is 0 Å². The first-order chi connectivity index (χ1) is 13.8. The number of nitrogens with zero attached hydrogens (tertiary/aromatic N) is 2. The maximum Gasteiger partial charge on any atom is 0.416 e. The number of hydrogen-bond acceptors (Lipinski definition) is 5. The number of rotatable bonds is 4. The Bertz CT molecular complexity index is 1050. The largest absolute Gasteiger partial charge is 0.419 e. The van der Waals surface area contributed by atoms with Gasteiger partial charge in [-0.05, 0) is 49.7 Å². The molecule has 10 heteroatoms. The molecule has 4 rings (SSSR count). The summed E-state index contributed by atoms with van der Waals surface area (Å²) in [5.74, 6) is 0.284. The van der Waals surface area contributed by atoms with Crippen LogP contribution < -0.4 is 10.6 Å². The third-order valence-electron chi connectivity index (χ3n) is 4.96. The number of nitrogens with one attached hydrogen (secondary N) is 2. The van der Waals surface area contributed by atoms with Crippen molar-refractivity contribution >= 4 is 30.8 Å². The molecule has 2 N–H and O–H groups in total. The minimum atomic E-state index is -4.39. The molecule has 0 spiro atoms. The maximum atomic E-state index is 12.7. The van der Waals surface area contributed by atoms with Gasteiger partial charge < -0.3 is 15.1 Å². The van der Waals surface area contributed by atoms with Gasteiger partial charge in [-0.3, -0.25) is 4.79 Å². The van der Waals surface area contributed by atoms with Crippen LogP contribution in [0.1, 0.15) is 24.8 Å². The highest BCUT2D eigenvalue weighted by Crippen LogP contribution is 2.35. The van der Waals surface area contributed by atoms with E-state index in [0.717, 1.165) is 12.1 Å². The lowest BCUT2D eigenvalue weighted by atomic mass is 9.89. The first-order valence-electron chi connectivity index (χ1n) is 8.93. The number of carbonyl (C=O) groups excluding carboxylic acids is 1. The smallest absolute Gasteiger partial charge is 0.416 e. The molecule has 158 valence electrons. The molecule has 1 saturated heterocycles. The van der Waals surface area contributed by atoms with Crippen molar-refractivity contribution in [2.45, 2.75) is 24.9 Å². The predicted molar refractivity (Wildman–Crippen MR) is 110 cm³/mol. The van der Waals surface area contributed by atoms with Crippen LogP contribution in [0.2, 0.25) is 0 Å². The quantitative estimate of drug-likeness (QED) is 0.634. The second-order valence-electron chi connectivity index (χ2n) is 7.00. The van der Waals surface area contributed by atoms with E-state index < -0.39 is 17.2 Å². The van der Waals surface area contributed by atoms with Crippen molar-refractivity contribution in [1.82, 2.24) is 15.5 Å². The van der Waals surface area contributed by atoms with E-state index in [1.54, 1.807) is 31.2 Å². The summed E-state index contributed by atoms with van der Waals surface area (Å²) in [5, 5.41) is 14.0. The van der Waals surface area contributed by atoms with Crippen LogP contribution in [0.5, 0.6) is 0 Å². The Balaban J connectivity index is 0.00000256. The lowest BCUT2D eigenvalue weighted by Gasteiger charge is -2.14. The molecule has 0 aliphatic carbocycles. The number of para-hydroxylation sites is 1. The first kappa shape index (κ1) is 21.7. The van der Waals surface area contributed by atoms with Crippen LogP contribution in [0.15, 0.2) is 52.9 Å². The van der Waals surface area contributed by atoms with Crippen LogP contribution in [-0.4, -0.2) is 22.6 Å². The number of anilines is 2. The summed E-state index contributed by atoms with van der Waals surface area (Å²) in [6.45, 7) is 2.29. The fourth-order valence-electron chi connectivity index (χ4n) is 3.17. The molecule has 3 aromatic rings. The molecule has 0 unspecified atom stereocenters. The second kappa shape index (κ2) is 8.02. The van der Waals surface area contributed by atoms with E-state index in [9.17, 15) is 18.0 Å². The topological polar surface area (TPSA) is 80.1 Å². The minimum absolute atomic E-state index is 0. The molecule has 1 aromatic heterocycles. The van der Waals surface area contributed by atoms with Gasteiger partial charge in [-0.25, -0.2) is 0 Å². The van der Waals surface area contributed by atoms with Gasteiger partial charge in [0.15, 0.2) is 0 Å². The van der Waals surface area contributed by atoms with E-state index in [2.05, 4.69) is 20.8 Å². The van der Waals surface area contributed by atoms with Crippen LogP contribution in [0, 0.1) is 0 Å². The van der Waals surface area contributed by atoms with E-state index in [1.807, 2.05) is 0 Å². The second-order valence-corrected chi connectivity index (χ2v) is 7.00. The van der Waals surface area contributed by atoms with Gasteiger partial charge in [0.05, 0.1) is 16.8 Å². The Kier molecular flexibility index (Phi) is 5.80. The number of benzene rings is 2. The van der Waals surface area contributed by atoms with Gasteiger partial charge >= 0.3 is 6.18 Å². The number of carbonyl (C=O) groups is 1. The van der Waals surface area contributed by atoms with Crippen molar-refractivity contribution in [2.24, 2.45) is 0 Å². The fourth-order valence-corrected chi connectivity index (χ4v) is 3.17. The summed E-state index contributed by atoms with van der Waals surface area (Å²) in [7, 11) is 0. The highest BCUT2D eigenvalue weighted by atomic mass is 32.1. The van der Waals surface area contributed by atoms with E-state index in [1.165, 1.54) is 12.1 Å². The Morgan fingerprint density at radius 2 is 1.80 bits per heavy atom. The third kappa shape index (κ3) is 4.00. The normalized spacial score (nSPS) is 18.6. The third-order valence-corrected chi connectivity index (χ3v) is 4.96. The SMILES string of the molecule is C[C@@]1(c2nnc(-c3ccccc3Nc3ccc(C(F)(F)F)cc3)o2)CCNC1=O.S. The van der Waals surface area contributed by atoms with Crippen LogP contribution in [0.3, 0.4) is 0 Å². The van der Waals surface area contributed by atoms with Crippen LogP contribution >= 0.6 is 13.5 Å². The van der Waals surface area contributed by atoms with Gasteiger partial charge in [-0.2, -0.15) is 26.7 Å². The number of aromatic nitrogens is 2. The number of halogens is 3. The van der Waals surface area contributed by atoms with E-state index in [0.29, 0.717) is 29.9 Å². The molecule has 0 radical (unpaired) electrons. The van der Waals surface area contributed by atoms with Crippen molar-refractivity contribution in [3.8, 4) is 11.5 Å². The zero-order valence-electron chi connectivity index (χ0n) is 15.9. The zero-order chi connectivity index (χ0) is 20.6. The van der Waals surface area contributed by atoms with Crippen LogP contribution in [0.4, 0.5) is 24.5 Å². The minimum Gasteiger partial charge on any atom is -0.419 e. The average Bonchev–Trinajstić information content (AvgIpc) is 3.30. The van der Waals surface area contributed by atoms with Crippen molar-refractivity contribution in [3.63, 3.8) is 0 Å². The first-order valence-corrected chi connectivity index (χ1v) is 8.93. The standard InChI is InChI=1S/C20H17F3N4O2.H2S/c1-19(10-11-24-17(19)28)18-27-26-16(29-18)14-4-2-3-5-15(14)25-13-8-6-12(7-9-13)20(21,22)23;/h2-9,25H,10-11H2,1H3,(H,24,28);1H2/t19-;/m1./s1. The lowest BCUT2D eigenvalue weighted by molar-refractivity contribution is -0.137. The van der Waals surface area contributed by atoms with Crippen molar-refractivity contribution in [1.29, 1.82) is 0 Å². The summed E-state index contributed by atoms with van der Waals surface area (Å²) < 4.78 is 44.0. The molecule has 1 atom stereocenters. The molecule has 1 aliphatic heterocycles. The van der Waals surface area contributed by atoms with Gasteiger partial charge in [0.2, 0.25) is 17.7 Å². The van der Waals surface area contributed by atoms with Crippen LogP contribution in [-0.2, 0) is 16.4 Å². The Morgan fingerprint density at radius 3 is 2.43 bits per heavy atom. The summed E-state index contributed by atoms with van der Waals surface area (Å²) in [4.78, 5) is 12.1. The molecular formula is C20H19F3N4O2S. The highest BCUT2D eigenvalue weighted by molar-refractivity contribution is 7.59. The summed E-state index contributed by atoms with van der Waals surface area (Å²) in [6, 6.07) is 11.8.